The van der Waals surface area contributed by atoms with Crippen LogP contribution in [0.5, 0.6) is 5.75 Å². The number of carbonyl (C=O) groups is 2. The van der Waals surface area contributed by atoms with Gasteiger partial charge < -0.3 is 10.1 Å². The summed E-state index contributed by atoms with van der Waals surface area (Å²) in [5.74, 6) is -1.54. The minimum Gasteiger partial charge on any atom is -0.481 e. The topological polar surface area (TPSA) is 96.3 Å². The minimum atomic E-state index is -4.55. The average Bonchev–Trinajstić information content (AvgIpc) is 3.14. The smallest absolute Gasteiger partial charge is 0.425 e. The summed E-state index contributed by atoms with van der Waals surface area (Å²) in [6.45, 7) is 0.712. The number of amides is 1. The SMILES string of the molecule is CC(Oc1ccc(S(=O)C(=O)C2CCC(C(=O)NCC#N)C2)c(Cl)c1)C(F)(F)F. The summed E-state index contributed by atoms with van der Waals surface area (Å²) in [6.07, 6.45) is -5.59. The molecule has 4 unspecified atom stereocenters. The lowest BCUT2D eigenvalue weighted by molar-refractivity contribution is -0.189. The quantitative estimate of drug-likeness (QED) is 0.670. The lowest BCUT2D eigenvalue weighted by Gasteiger charge is -2.18. The number of hydrogen-bond donors (Lipinski definition) is 1. The van der Waals surface area contributed by atoms with Gasteiger partial charge in [0.25, 0.3) is 0 Å². The van der Waals surface area contributed by atoms with Crippen LogP contribution in [0.1, 0.15) is 26.2 Å². The molecule has 158 valence electrons. The van der Waals surface area contributed by atoms with E-state index in [1.807, 2.05) is 0 Å². The largest absolute Gasteiger partial charge is 0.481 e. The summed E-state index contributed by atoms with van der Waals surface area (Å²) < 4.78 is 55.1. The standard InChI is InChI=1S/C18H18ClF3N2O4S/c1-10(18(20,21)22)28-13-4-5-15(14(19)9-13)29(27)17(26)12-3-2-11(8-12)16(25)24-7-6-23/h4-5,9-12H,2-3,7-8H2,1H3,(H,24,25). The second kappa shape index (κ2) is 9.59. The maximum Gasteiger partial charge on any atom is 0.425 e. The molecule has 0 radical (unpaired) electrons. The molecule has 0 saturated heterocycles. The van der Waals surface area contributed by atoms with Crippen LogP contribution in [0.2, 0.25) is 5.02 Å². The Labute approximate surface area is 172 Å². The molecule has 0 aromatic heterocycles. The Morgan fingerprint density at radius 1 is 1.38 bits per heavy atom. The van der Waals surface area contributed by atoms with Gasteiger partial charge in [0.1, 0.15) is 23.1 Å². The van der Waals surface area contributed by atoms with E-state index in [-0.39, 0.29) is 34.5 Å². The highest BCUT2D eigenvalue weighted by molar-refractivity contribution is 8.00. The molecular formula is C18H18ClF3N2O4S. The lowest BCUT2D eigenvalue weighted by atomic mass is 10.1. The van der Waals surface area contributed by atoms with Crippen LogP contribution in [0.15, 0.2) is 23.1 Å². The molecule has 0 bridgehead atoms. The molecule has 29 heavy (non-hydrogen) atoms. The first-order chi connectivity index (χ1) is 13.5. The fraction of sp³-hybridized carbons (Fsp3) is 0.500. The molecule has 1 saturated carbocycles. The van der Waals surface area contributed by atoms with Gasteiger partial charge in [0.05, 0.1) is 16.0 Å². The third-order valence-electron chi connectivity index (χ3n) is 4.54. The molecule has 1 fully saturated rings. The van der Waals surface area contributed by atoms with E-state index >= 15 is 0 Å². The Balaban J connectivity index is 2.04. The summed E-state index contributed by atoms with van der Waals surface area (Å²) in [7, 11) is -2.13. The average molecular weight is 451 g/mol. The second-order valence-electron chi connectivity index (χ2n) is 6.56. The number of rotatable bonds is 6. The van der Waals surface area contributed by atoms with E-state index in [1.165, 1.54) is 12.1 Å². The van der Waals surface area contributed by atoms with Gasteiger partial charge in [0.15, 0.2) is 6.10 Å². The zero-order valence-corrected chi connectivity index (χ0v) is 16.9. The minimum absolute atomic E-state index is 0.0268. The van der Waals surface area contributed by atoms with E-state index in [0.29, 0.717) is 12.8 Å². The maximum atomic E-state index is 12.6. The number of nitriles is 1. The van der Waals surface area contributed by atoms with E-state index in [1.54, 1.807) is 6.07 Å². The highest BCUT2D eigenvalue weighted by Crippen LogP contribution is 2.35. The van der Waals surface area contributed by atoms with Gasteiger partial charge in [-0.3, -0.25) is 9.59 Å². The summed E-state index contributed by atoms with van der Waals surface area (Å²) in [5.41, 5.74) is 0. The number of hydrogen-bond acceptors (Lipinski definition) is 5. The molecule has 1 aliphatic rings. The van der Waals surface area contributed by atoms with Crippen molar-refractivity contribution in [1.29, 1.82) is 5.26 Å². The van der Waals surface area contributed by atoms with Gasteiger partial charge in [-0.2, -0.15) is 18.4 Å². The van der Waals surface area contributed by atoms with Crippen LogP contribution < -0.4 is 10.1 Å². The Morgan fingerprint density at radius 2 is 2.03 bits per heavy atom. The number of nitrogens with one attached hydrogen (secondary N) is 1. The molecule has 1 aliphatic carbocycles. The third kappa shape index (κ3) is 5.93. The number of halogens is 4. The first-order valence-corrected chi connectivity index (χ1v) is 10.2. The number of benzene rings is 1. The molecular weight excluding hydrogens is 433 g/mol. The highest BCUT2D eigenvalue weighted by Gasteiger charge is 2.39. The number of ether oxygens (including phenoxy) is 1. The van der Waals surface area contributed by atoms with Gasteiger partial charge in [0, 0.05) is 17.9 Å². The summed E-state index contributed by atoms with van der Waals surface area (Å²) in [6, 6.07) is 5.24. The second-order valence-corrected chi connectivity index (χ2v) is 8.35. The van der Waals surface area contributed by atoms with Gasteiger partial charge >= 0.3 is 6.18 Å². The Hall–Kier alpha value is -2.12. The van der Waals surface area contributed by atoms with Crippen LogP contribution in [0.25, 0.3) is 0 Å². The van der Waals surface area contributed by atoms with Gasteiger partial charge in [-0.25, -0.2) is 4.21 Å². The van der Waals surface area contributed by atoms with Crippen LogP contribution in [0.4, 0.5) is 13.2 Å². The van der Waals surface area contributed by atoms with Crippen molar-refractivity contribution in [2.45, 2.75) is 43.4 Å². The molecule has 1 amide bonds. The molecule has 0 heterocycles. The fourth-order valence-electron chi connectivity index (χ4n) is 2.94. The van der Waals surface area contributed by atoms with Gasteiger partial charge in [-0.1, -0.05) is 11.6 Å². The van der Waals surface area contributed by atoms with Crippen LogP contribution in [-0.4, -0.2) is 34.1 Å². The Bertz CT molecular complexity index is 856. The molecule has 1 aromatic rings. The molecule has 2 rings (SSSR count). The van der Waals surface area contributed by atoms with E-state index in [4.69, 9.17) is 21.6 Å². The van der Waals surface area contributed by atoms with Crippen LogP contribution in [0.3, 0.4) is 0 Å². The predicted octanol–water partition coefficient (Wildman–Crippen LogP) is 3.36. The van der Waals surface area contributed by atoms with E-state index < -0.39 is 40.0 Å². The normalized spacial score (nSPS) is 21.1. The van der Waals surface area contributed by atoms with E-state index in [0.717, 1.165) is 13.0 Å². The monoisotopic (exact) mass is 450 g/mol. The first kappa shape index (κ1) is 23.2. The van der Waals surface area contributed by atoms with Crippen molar-refractivity contribution in [2.24, 2.45) is 11.8 Å². The maximum absolute atomic E-state index is 12.6. The predicted molar refractivity (Wildman–Crippen MR) is 98.5 cm³/mol. The van der Waals surface area contributed by atoms with E-state index in [9.17, 15) is 27.0 Å². The Kier molecular flexibility index (Phi) is 7.66. The van der Waals surface area contributed by atoms with E-state index in [2.05, 4.69) is 5.32 Å². The van der Waals surface area contributed by atoms with Crippen molar-refractivity contribution in [3.63, 3.8) is 0 Å². The number of nitrogens with zero attached hydrogens (tertiary/aromatic N) is 1. The zero-order valence-electron chi connectivity index (χ0n) is 15.3. The zero-order chi connectivity index (χ0) is 21.8. The van der Waals surface area contributed by atoms with Crippen molar-refractivity contribution in [3.05, 3.63) is 23.2 Å². The van der Waals surface area contributed by atoms with Crippen molar-refractivity contribution in [3.8, 4) is 11.8 Å². The first-order valence-electron chi connectivity index (χ1n) is 8.67. The van der Waals surface area contributed by atoms with Gasteiger partial charge in [0.2, 0.25) is 11.0 Å². The van der Waals surface area contributed by atoms with Crippen molar-refractivity contribution in [1.82, 2.24) is 5.32 Å². The molecule has 0 aliphatic heterocycles. The Morgan fingerprint density at radius 3 is 2.62 bits per heavy atom. The van der Waals surface area contributed by atoms with Gasteiger partial charge in [-0.15, -0.1) is 0 Å². The van der Waals surface area contributed by atoms with Crippen LogP contribution in [-0.2, 0) is 20.4 Å². The fourth-order valence-corrected chi connectivity index (χ4v) is 4.48. The molecule has 6 nitrogen and oxygen atoms in total. The van der Waals surface area contributed by atoms with Crippen LogP contribution in [0, 0.1) is 23.2 Å². The summed E-state index contributed by atoms with van der Waals surface area (Å²) in [5, 5.41) is 10.2. The number of alkyl halides is 3. The molecule has 1 N–H and O–H groups in total. The van der Waals surface area contributed by atoms with Crippen LogP contribution >= 0.6 is 11.6 Å². The molecule has 4 atom stereocenters. The molecule has 0 spiro atoms. The molecule has 11 heteroatoms. The third-order valence-corrected chi connectivity index (χ3v) is 6.42. The van der Waals surface area contributed by atoms with Gasteiger partial charge in [-0.05, 0) is 38.3 Å². The van der Waals surface area contributed by atoms with Crippen molar-refractivity contribution >= 4 is 33.4 Å². The highest BCUT2D eigenvalue weighted by atomic mass is 35.5. The van der Waals surface area contributed by atoms with Crippen molar-refractivity contribution in [2.75, 3.05) is 6.54 Å². The summed E-state index contributed by atoms with van der Waals surface area (Å²) in [4.78, 5) is 24.4. The lowest BCUT2D eigenvalue weighted by Crippen LogP contribution is -2.31. The molecule has 1 aromatic carbocycles. The van der Waals surface area contributed by atoms with Crippen molar-refractivity contribution < 1.29 is 31.7 Å². The number of carbonyl (C=O) groups excluding carboxylic acids is 2. The summed E-state index contributed by atoms with van der Waals surface area (Å²) >= 11 is 6.01.